The molecule has 0 fully saturated rings. The Kier molecular flexibility index (Phi) is 5.92. The first-order chi connectivity index (χ1) is 11.0. The summed E-state index contributed by atoms with van der Waals surface area (Å²) < 4.78 is 5.69. The first kappa shape index (κ1) is 16.7. The van der Waals surface area contributed by atoms with E-state index in [1.54, 1.807) is 24.3 Å². The van der Waals surface area contributed by atoms with Gasteiger partial charge < -0.3 is 9.84 Å². The highest BCUT2D eigenvalue weighted by Crippen LogP contribution is 2.16. The van der Waals surface area contributed by atoms with E-state index in [1.807, 2.05) is 31.2 Å². The number of hydrogen-bond donors (Lipinski definition) is 1. The van der Waals surface area contributed by atoms with E-state index in [1.165, 1.54) is 5.56 Å². The lowest BCUT2D eigenvalue weighted by Crippen LogP contribution is -2.02. The molecule has 0 aromatic heterocycles. The highest BCUT2D eigenvalue weighted by molar-refractivity contribution is 5.96. The summed E-state index contributed by atoms with van der Waals surface area (Å²) in [5, 5.41) is 8.57. The maximum absolute atomic E-state index is 11.9. The average molecular weight is 312 g/mol. The molecule has 2 rings (SSSR count). The first-order valence-electron chi connectivity index (χ1n) is 7.58. The van der Waals surface area contributed by atoms with E-state index in [-0.39, 0.29) is 18.6 Å². The van der Waals surface area contributed by atoms with Gasteiger partial charge in [0.1, 0.15) is 12.4 Å². The largest absolute Gasteiger partial charge is 0.489 e. The predicted molar refractivity (Wildman–Crippen MR) is 87.8 cm³/mol. The second-order valence-electron chi connectivity index (χ2n) is 5.47. The Morgan fingerprint density at radius 3 is 2.22 bits per heavy atom. The molecule has 2 aromatic carbocycles. The average Bonchev–Trinajstić information content (AvgIpc) is 2.54. The number of carboxylic acid groups (broad SMARTS) is 1. The second-order valence-corrected chi connectivity index (χ2v) is 5.47. The van der Waals surface area contributed by atoms with Crippen molar-refractivity contribution in [1.82, 2.24) is 0 Å². The van der Waals surface area contributed by atoms with Crippen molar-refractivity contribution >= 4 is 11.8 Å². The Labute approximate surface area is 135 Å². The van der Waals surface area contributed by atoms with E-state index in [0.717, 1.165) is 5.56 Å². The molecule has 0 heterocycles. The zero-order valence-electron chi connectivity index (χ0n) is 13.1. The van der Waals surface area contributed by atoms with Crippen molar-refractivity contribution in [3.63, 3.8) is 0 Å². The van der Waals surface area contributed by atoms with Crippen molar-refractivity contribution in [1.29, 1.82) is 0 Å². The zero-order valence-corrected chi connectivity index (χ0v) is 13.1. The number of Topliss-reactive ketones (excluding diaryl/α,β-unsaturated/α-hetero) is 1. The molecule has 0 amide bonds. The van der Waals surface area contributed by atoms with Crippen molar-refractivity contribution < 1.29 is 19.4 Å². The molecule has 1 N–H and O–H groups in total. The van der Waals surface area contributed by atoms with Gasteiger partial charge >= 0.3 is 5.97 Å². The third-order valence-corrected chi connectivity index (χ3v) is 3.50. The van der Waals surface area contributed by atoms with Crippen LogP contribution in [0.25, 0.3) is 0 Å². The van der Waals surface area contributed by atoms with Crippen LogP contribution in [-0.4, -0.2) is 16.9 Å². The summed E-state index contributed by atoms with van der Waals surface area (Å²) in [7, 11) is 0. The zero-order chi connectivity index (χ0) is 16.7. The van der Waals surface area contributed by atoms with E-state index in [0.29, 0.717) is 24.3 Å². The number of ketones is 1. The molecule has 0 spiro atoms. The summed E-state index contributed by atoms with van der Waals surface area (Å²) in [6.45, 7) is 2.52. The van der Waals surface area contributed by atoms with Crippen LogP contribution in [0, 0.1) is 6.92 Å². The summed E-state index contributed by atoms with van der Waals surface area (Å²) in [5.41, 5.74) is 2.88. The Balaban J connectivity index is 1.85. The van der Waals surface area contributed by atoms with E-state index in [2.05, 4.69) is 0 Å². The van der Waals surface area contributed by atoms with Crippen LogP contribution >= 0.6 is 0 Å². The van der Waals surface area contributed by atoms with Gasteiger partial charge in [-0.25, -0.2) is 0 Å². The highest BCUT2D eigenvalue weighted by atomic mass is 16.5. The minimum absolute atomic E-state index is 0.0173. The Morgan fingerprint density at radius 2 is 1.61 bits per heavy atom. The molecule has 0 saturated carbocycles. The number of ether oxygens (including phenoxy) is 1. The lowest BCUT2D eigenvalue weighted by atomic mass is 10.1. The van der Waals surface area contributed by atoms with E-state index >= 15 is 0 Å². The third-order valence-electron chi connectivity index (χ3n) is 3.50. The van der Waals surface area contributed by atoms with Gasteiger partial charge in [0.25, 0.3) is 0 Å². The predicted octanol–water partition coefficient (Wildman–Crippen LogP) is 4.01. The molecule has 0 aliphatic rings. The maximum Gasteiger partial charge on any atom is 0.303 e. The van der Waals surface area contributed by atoms with Crippen LogP contribution in [0.15, 0.2) is 48.5 Å². The molecule has 4 nitrogen and oxygen atoms in total. The number of carboxylic acids is 1. The van der Waals surface area contributed by atoms with Gasteiger partial charge in [0.05, 0.1) is 0 Å². The molecule has 0 aliphatic heterocycles. The lowest BCUT2D eigenvalue weighted by molar-refractivity contribution is -0.137. The Hall–Kier alpha value is -2.62. The number of carbonyl (C=O) groups excluding carboxylic acids is 1. The maximum atomic E-state index is 11.9. The molecule has 0 aliphatic carbocycles. The van der Waals surface area contributed by atoms with Crippen LogP contribution in [0.4, 0.5) is 0 Å². The van der Waals surface area contributed by atoms with Crippen molar-refractivity contribution in [2.45, 2.75) is 32.8 Å². The SMILES string of the molecule is Cc1ccc(COc2ccc(C(=O)CCCC(=O)O)cc2)cc1. The summed E-state index contributed by atoms with van der Waals surface area (Å²) in [4.78, 5) is 22.4. The van der Waals surface area contributed by atoms with Crippen molar-refractivity contribution in [3.05, 3.63) is 65.2 Å². The number of aryl methyl sites for hydroxylation is 1. The fourth-order valence-electron chi connectivity index (χ4n) is 2.13. The van der Waals surface area contributed by atoms with Crippen molar-refractivity contribution in [2.24, 2.45) is 0 Å². The lowest BCUT2D eigenvalue weighted by Gasteiger charge is -2.07. The monoisotopic (exact) mass is 312 g/mol. The standard InChI is InChI=1S/C19H20O4/c1-14-5-7-15(8-6-14)13-23-17-11-9-16(10-12-17)18(20)3-2-4-19(21)22/h5-12H,2-4,13H2,1H3,(H,21,22). The topological polar surface area (TPSA) is 63.6 Å². The molecule has 0 atom stereocenters. The smallest absolute Gasteiger partial charge is 0.303 e. The summed E-state index contributed by atoms with van der Waals surface area (Å²) in [5.74, 6) is -0.221. The number of carbonyl (C=O) groups is 2. The van der Waals surface area contributed by atoms with Gasteiger partial charge in [0.15, 0.2) is 5.78 Å². The van der Waals surface area contributed by atoms with Crippen LogP contribution in [0.2, 0.25) is 0 Å². The van der Waals surface area contributed by atoms with Gasteiger partial charge in [-0.05, 0) is 43.2 Å². The Bertz CT molecular complexity index is 657. The van der Waals surface area contributed by atoms with Crippen LogP contribution in [0.1, 0.15) is 40.7 Å². The fraction of sp³-hybridized carbons (Fsp3) is 0.263. The normalized spacial score (nSPS) is 10.3. The van der Waals surface area contributed by atoms with Crippen molar-refractivity contribution in [2.75, 3.05) is 0 Å². The molecule has 0 saturated heterocycles. The first-order valence-corrected chi connectivity index (χ1v) is 7.58. The fourth-order valence-corrected chi connectivity index (χ4v) is 2.13. The Morgan fingerprint density at radius 1 is 0.957 bits per heavy atom. The van der Waals surface area contributed by atoms with E-state index in [9.17, 15) is 9.59 Å². The van der Waals surface area contributed by atoms with Crippen LogP contribution in [0.3, 0.4) is 0 Å². The molecule has 4 heteroatoms. The molecule has 120 valence electrons. The quantitative estimate of drug-likeness (QED) is 0.748. The van der Waals surface area contributed by atoms with Crippen LogP contribution in [0.5, 0.6) is 5.75 Å². The summed E-state index contributed by atoms with van der Waals surface area (Å²) in [6, 6.07) is 15.1. The minimum Gasteiger partial charge on any atom is -0.489 e. The summed E-state index contributed by atoms with van der Waals surface area (Å²) in [6.07, 6.45) is 0.624. The van der Waals surface area contributed by atoms with Crippen molar-refractivity contribution in [3.8, 4) is 5.75 Å². The van der Waals surface area contributed by atoms with Gasteiger partial charge in [-0.3, -0.25) is 9.59 Å². The van der Waals surface area contributed by atoms with Gasteiger partial charge in [0.2, 0.25) is 0 Å². The molecule has 0 radical (unpaired) electrons. The van der Waals surface area contributed by atoms with Gasteiger partial charge in [-0.15, -0.1) is 0 Å². The molecule has 2 aromatic rings. The number of aliphatic carboxylic acids is 1. The number of benzene rings is 2. The number of rotatable bonds is 8. The highest BCUT2D eigenvalue weighted by Gasteiger charge is 2.07. The second kappa shape index (κ2) is 8.13. The molecule has 23 heavy (non-hydrogen) atoms. The molecule has 0 unspecified atom stereocenters. The minimum atomic E-state index is -0.877. The number of hydrogen-bond acceptors (Lipinski definition) is 3. The van der Waals surface area contributed by atoms with E-state index in [4.69, 9.17) is 9.84 Å². The van der Waals surface area contributed by atoms with Crippen LogP contribution < -0.4 is 4.74 Å². The molecular weight excluding hydrogens is 292 g/mol. The molecule has 0 bridgehead atoms. The van der Waals surface area contributed by atoms with Crippen LogP contribution in [-0.2, 0) is 11.4 Å². The van der Waals surface area contributed by atoms with E-state index < -0.39 is 5.97 Å². The molecular formula is C19H20O4. The third kappa shape index (κ3) is 5.58. The van der Waals surface area contributed by atoms with Gasteiger partial charge in [-0.1, -0.05) is 29.8 Å². The summed E-state index contributed by atoms with van der Waals surface area (Å²) >= 11 is 0. The van der Waals surface area contributed by atoms with Gasteiger partial charge in [0, 0.05) is 18.4 Å². The van der Waals surface area contributed by atoms with Gasteiger partial charge in [-0.2, -0.15) is 0 Å².